The van der Waals surface area contributed by atoms with Crippen molar-refractivity contribution < 1.29 is 57.3 Å². The maximum absolute atomic E-state index is 15.2. The first-order chi connectivity index (χ1) is 40.2. The summed E-state index contributed by atoms with van der Waals surface area (Å²) in [6.07, 6.45) is -6.26. The lowest BCUT2D eigenvalue weighted by molar-refractivity contribution is -0.176. The van der Waals surface area contributed by atoms with Crippen molar-refractivity contribution in [2.75, 3.05) is 28.2 Å². The highest BCUT2D eigenvalue weighted by Gasteiger charge is 2.43. The molecule has 0 unspecified atom stereocenters. The molecule has 1 aliphatic heterocycles. The van der Waals surface area contributed by atoms with E-state index in [0.717, 1.165) is 42.1 Å². The van der Waals surface area contributed by atoms with Crippen molar-refractivity contribution in [1.29, 1.82) is 0 Å². The highest BCUT2D eigenvalue weighted by atomic mass is 35.5. The van der Waals surface area contributed by atoms with Crippen LogP contribution in [0.2, 0.25) is 10.0 Å². The van der Waals surface area contributed by atoms with E-state index in [1.54, 1.807) is 33.6 Å². The first-order valence-corrected chi connectivity index (χ1v) is 30.4. The Hall–Kier alpha value is -6.80. The Kier molecular flexibility index (Phi) is 25.0. The van der Waals surface area contributed by atoms with E-state index in [2.05, 4.69) is 10.2 Å². The number of aromatic nitrogens is 4. The van der Waals surface area contributed by atoms with E-state index in [4.69, 9.17) is 42.1 Å². The third-order valence-electron chi connectivity index (χ3n) is 15.6. The number of carbonyl (C=O) groups is 8. The zero-order valence-electron chi connectivity index (χ0n) is 53.4. The molecule has 0 saturated carbocycles. The van der Waals surface area contributed by atoms with Crippen LogP contribution in [-0.4, -0.2) is 163 Å². The largest absolute Gasteiger partial charge is 0.451 e. The van der Waals surface area contributed by atoms with Gasteiger partial charge in [0.05, 0.1) is 45.9 Å². The number of cyclic esters (lactones) is 4. The number of amides is 4. The summed E-state index contributed by atoms with van der Waals surface area (Å²) in [4.78, 5) is 123. The van der Waals surface area contributed by atoms with Gasteiger partial charge in [0, 0.05) is 41.0 Å². The monoisotopic (exact) mass is 1230 g/mol. The molecule has 22 heteroatoms. The molecule has 0 bridgehead atoms. The molecule has 2 aromatic heterocycles. The molecule has 1 fully saturated rings. The van der Waals surface area contributed by atoms with Gasteiger partial charge in [0.1, 0.15) is 24.2 Å². The number of hydrogen-bond donors (Lipinski definition) is 0. The lowest BCUT2D eigenvalue weighted by atomic mass is 9.99. The van der Waals surface area contributed by atoms with Crippen molar-refractivity contribution in [2.24, 2.45) is 23.7 Å². The number of likely N-dealkylation sites (N-methyl/N-ethyl adjacent to an activating group) is 4. The predicted molar refractivity (Wildman–Crippen MR) is 327 cm³/mol. The summed E-state index contributed by atoms with van der Waals surface area (Å²) in [5.74, 6) is -7.66. The number of esters is 4. The van der Waals surface area contributed by atoms with E-state index in [-0.39, 0.29) is 62.2 Å². The summed E-state index contributed by atoms with van der Waals surface area (Å²) >= 11 is 13.0. The molecule has 0 radical (unpaired) electrons. The van der Waals surface area contributed by atoms with Gasteiger partial charge in [-0.15, -0.1) is 0 Å². The molecule has 4 aromatic rings. The molecule has 0 N–H and O–H groups in total. The summed E-state index contributed by atoms with van der Waals surface area (Å²) in [5, 5.41) is 10.2. The standard InChI is InChI=1S/C64H90Cl2N8O12/c1-35(2)25-49-61(79)83-43(13)57(75)69(15)52(28-38(7)8)64(82)86-54(32-46-22-20-24-48(30-46)34-74-42(12)56(66)40(10)68-74)60(78)72(18)50(26-36(3)4)62(80)84-44(14)58(76)70(16)51(27-37(5)6)63(81)85-53(59(77)71(49)17)31-45-21-19-23-47(29-45)33-73-41(11)55(65)39(9)67-73/h19-24,29-30,35-38,43-44,49-54H,25-28,31-34H2,1-18H3/t43-,44-,49+,50+,51+,52+,53-,54-/m1/s1. The molecule has 2 aromatic carbocycles. The maximum Gasteiger partial charge on any atom is 0.329 e. The topological polar surface area (TPSA) is 222 Å². The third kappa shape index (κ3) is 18.1. The van der Waals surface area contributed by atoms with Gasteiger partial charge in [-0.05, 0) is 113 Å². The molecule has 5 rings (SSSR count). The van der Waals surface area contributed by atoms with Gasteiger partial charge in [0.25, 0.3) is 23.6 Å². The minimum absolute atomic E-state index is 0.0625. The maximum atomic E-state index is 15.2. The van der Waals surface area contributed by atoms with E-state index in [1.807, 2.05) is 107 Å². The van der Waals surface area contributed by atoms with Crippen molar-refractivity contribution in [2.45, 2.75) is 197 Å². The number of carbonyl (C=O) groups excluding carboxylic acids is 8. The zero-order valence-corrected chi connectivity index (χ0v) is 54.9. The third-order valence-corrected chi connectivity index (χ3v) is 16.6. The number of ether oxygens (including phenoxy) is 4. The van der Waals surface area contributed by atoms with Gasteiger partial charge < -0.3 is 38.5 Å². The van der Waals surface area contributed by atoms with E-state index in [9.17, 15) is 28.8 Å². The van der Waals surface area contributed by atoms with Crippen LogP contribution in [-0.2, 0) is 83.2 Å². The normalized spacial score (nSPS) is 22.5. The molecule has 3 heterocycles. The van der Waals surface area contributed by atoms with Crippen LogP contribution < -0.4 is 0 Å². The number of hydrogen-bond acceptors (Lipinski definition) is 14. The lowest BCUT2D eigenvalue weighted by Crippen LogP contribution is -2.55. The summed E-state index contributed by atoms with van der Waals surface area (Å²) < 4.78 is 27.9. The average Bonchev–Trinajstić information content (AvgIpc) is 2.12. The minimum Gasteiger partial charge on any atom is -0.451 e. The first kappa shape index (κ1) is 70.0. The Labute approximate surface area is 517 Å². The highest BCUT2D eigenvalue weighted by molar-refractivity contribution is 6.32. The van der Waals surface area contributed by atoms with Gasteiger partial charge in [-0.1, -0.05) is 127 Å². The Morgan fingerprint density at radius 2 is 0.698 bits per heavy atom. The Balaban J connectivity index is 1.62. The Bertz CT molecular complexity index is 2860. The van der Waals surface area contributed by atoms with Crippen molar-refractivity contribution >= 4 is 70.7 Å². The number of nitrogens with zero attached hydrogens (tertiary/aromatic N) is 8. The minimum atomic E-state index is -1.58. The SMILES string of the molecule is Cc1nn(Cc2cccc(C[C@H]3OC(=O)[C@H](CC(C)C)N(C)C(=O)[C@@H](C)OC(=O)[C@H](CC(C)C)N(C)C(=O)[C@@H](Cc4cccc(Cn5nc(C)c(Cl)c5C)c4)OC(=O)[C@H](CC(C)C)N(C)C(=O)[C@@H](C)OC(=O)[C@H](CC(C)C)N(C)C3=O)c2)c(C)c1Cl. The first-order valence-electron chi connectivity index (χ1n) is 29.6. The van der Waals surface area contributed by atoms with E-state index in [0.29, 0.717) is 45.6 Å². The van der Waals surface area contributed by atoms with Gasteiger partial charge in [-0.25, -0.2) is 19.2 Å². The molecule has 472 valence electrons. The Morgan fingerprint density at radius 1 is 0.430 bits per heavy atom. The van der Waals surface area contributed by atoms with Crippen LogP contribution in [0.5, 0.6) is 0 Å². The second-order valence-electron chi connectivity index (χ2n) is 24.7. The second-order valence-corrected chi connectivity index (χ2v) is 25.5. The van der Waals surface area contributed by atoms with Crippen molar-refractivity contribution in [3.63, 3.8) is 0 Å². The van der Waals surface area contributed by atoms with Crippen LogP contribution in [0.25, 0.3) is 0 Å². The summed E-state index contributed by atoms with van der Waals surface area (Å²) in [6, 6.07) is 9.34. The fourth-order valence-electron chi connectivity index (χ4n) is 10.6. The van der Waals surface area contributed by atoms with Crippen molar-refractivity contribution in [3.05, 3.63) is 104 Å². The average molecular weight is 1230 g/mol. The van der Waals surface area contributed by atoms with Crippen LogP contribution in [0.1, 0.15) is 140 Å². The van der Waals surface area contributed by atoms with Gasteiger partial charge in [0.15, 0.2) is 24.4 Å². The molecule has 1 saturated heterocycles. The van der Waals surface area contributed by atoms with Crippen LogP contribution in [0, 0.1) is 51.4 Å². The van der Waals surface area contributed by atoms with E-state index >= 15 is 9.59 Å². The number of halogens is 2. The fourth-order valence-corrected chi connectivity index (χ4v) is 10.9. The van der Waals surface area contributed by atoms with E-state index in [1.165, 1.54) is 42.0 Å². The van der Waals surface area contributed by atoms with Gasteiger partial charge in [0.2, 0.25) is 0 Å². The lowest BCUT2D eigenvalue weighted by Gasteiger charge is -2.35. The molecule has 0 aliphatic carbocycles. The summed E-state index contributed by atoms with van der Waals surface area (Å²) in [6.45, 7) is 25.5. The molecule has 8 atom stereocenters. The zero-order chi connectivity index (χ0) is 64.3. The van der Waals surface area contributed by atoms with Crippen LogP contribution >= 0.6 is 23.2 Å². The van der Waals surface area contributed by atoms with E-state index < -0.39 is 96.1 Å². The predicted octanol–water partition coefficient (Wildman–Crippen LogP) is 8.69. The fraction of sp³-hybridized carbons (Fsp3) is 0.594. The van der Waals surface area contributed by atoms with Crippen LogP contribution in [0.3, 0.4) is 0 Å². The van der Waals surface area contributed by atoms with Gasteiger partial charge in [-0.2, -0.15) is 10.2 Å². The molecule has 20 nitrogen and oxygen atoms in total. The summed E-state index contributed by atoms with van der Waals surface area (Å²) in [5.41, 5.74) is 5.62. The number of aryl methyl sites for hydroxylation is 2. The summed E-state index contributed by atoms with van der Waals surface area (Å²) in [7, 11) is 5.55. The van der Waals surface area contributed by atoms with Gasteiger partial charge >= 0.3 is 23.9 Å². The molecule has 1 aliphatic rings. The number of benzene rings is 2. The van der Waals surface area contributed by atoms with Crippen LogP contribution in [0.4, 0.5) is 0 Å². The molecular weight excluding hydrogens is 1140 g/mol. The smallest absolute Gasteiger partial charge is 0.329 e. The molecule has 86 heavy (non-hydrogen) atoms. The molecule has 0 spiro atoms. The molecule has 4 amide bonds. The Morgan fingerprint density at radius 3 is 0.965 bits per heavy atom. The second kappa shape index (κ2) is 30.7. The number of rotatable bonds is 16. The van der Waals surface area contributed by atoms with Gasteiger partial charge in [-0.3, -0.25) is 28.5 Å². The van der Waals surface area contributed by atoms with Crippen molar-refractivity contribution in [1.82, 2.24) is 39.2 Å². The van der Waals surface area contributed by atoms with Crippen LogP contribution in [0.15, 0.2) is 48.5 Å². The highest BCUT2D eigenvalue weighted by Crippen LogP contribution is 2.27. The molecular formula is C64H90Cl2N8O12. The van der Waals surface area contributed by atoms with Crippen molar-refractivity contribution in [3.8, 4) is 0 Å². The quantitative estimate of drug-likeness (QED) is 0.0757.